The lowest BCUT2D eigenvalue weighted by Gasteiger charge is -2.21. The second-order valence-corrected chi connectivity index (χ2v) is 5.77. The number of likely N-dealkylation sites (tertiary alicyclic amines) is 1. The van der Waals surface area contributed by atoms with Gasteiger partial charge in [-0.05, 0) is 36.6 Å². The summed E-state index contributed by atoms with van der Waals surface area (Å²) in [6, 6.07) is 11.5. The highest BCUT2D eigenvalue weighted by Crippen LogP contribution is 2.21. The number of ether oxygens (including phenoxy) is 1. The van der Waals surface area contributed by atoms with E-state index in [1.807, 2.05) is 41.3 Å². The van der Waals surface area contributed by atoms with Crippen LogP contribution in [0.1, 0.15) is 24.0 Å². The molecule has 120 valence electrons. The minimum absolute atomic E-state index is 0.385. The minimum Gasteiger partial charge on any atom is -0.487 e. The predicted octanol–water partition coefficient (Wildman–Crippen LogP) is 2.71. The van der Waals surface area contributed by atoms with Crippen LogP contribution in [0.25, 0.3) is 0 Å². The van der Waals surface area contributed by atoms with Crippen LogP contribution >= 0.6 is 0 Å². The summed E-state index contributed by atoms with van der Waals surface area (Å²) in [5.74, 6) is -0.0376. The van der Waals surface area contributed by atoms with Crippen molar-refractivity contribution in [1.82, 2.24) is 9.88 Å². The number of hydrogen-bond acceptors (Lipinski definition) is 4. The molecule has 2 aromatic rings. The number of aromatic nitrogens is 1. The number of carboxylic acid groups (broad SMARTS) is 1. The average Bonchev–Trinajstić information content (AvgIpc) is 3.03. The first-order chi connectivity index (χ1) is 11.2. The summed E-state index contributed by atoms with van der Waals surface area (Å²) in [6.45, 7) is 1.89. The fraction of sp³-hybridized carbons (Fsp3) is 0.333. The Morgan fingerprint density at radius 1 is 1.26 bits per heavy atom. The van der Waals surface area contributed by atoms with Gasteiger partial charge in [-0.2, -0.15) is 0 Å². The van der Waals surface area contributed by atoms with Gasteiger partial charge in [0, 0.05) is 12.7 Å². The smallest absolute Gasteiger partial charge is 0.320 e. The van der Waals surface area contributed by atoms with E-state index in [1.165, 1.54) is 0 Å². The number of hydrogen-bond donors (Lipinski definition) is 1. The Balaban J connectivity index is 1.62. The van der Waals surface area contributed by atoms with Crippen LogP contribution in [-0.4, -0.2) is 33.5 Å². The van der Waals surface area contributed by atoms with Gasteiger partial charge in [0.05, 0.1) is 6.20 Å². The van der Waals surface area contributed by atoms with Gasteiger partial charge in [-0.1, -0.05) is 30.3 Å². The van der Waals surface area contributed by atoms with Crippen molar-refractivity contribution in [3.8, 4) is 5.75 Å². The van der Waals surface area contributed by atoms with Gasteiger partial charge < -0.3 is 9.84 Å². The van der Waals surface area contributed by atoms with E-state index in [4.69, 9.17) is 4.74 Å². The molecule has 0 amide bonds. The van der Waals surface area contributed by atoms with Crippen LogP contribution in [0.3, 0.4) is 0 Å². The molecule has 1 aromatic heterocycles. The molecular formula is C18H20N2O3. The summed E-state index contributed by atoms with van der Waals surface area (Å²) in [5.41, 5.74) is 2.08. The molecule has 1 saturated heterocycles. The molecule has 3 rings (SSSR count). The van der Waals surface area contributed by atoms with E-state index in [9.17, 15) is 9.90 Å². The second-order valence-electron chi connectivity index (χ2n) is 5.77. The van der Waals surface area contributed by atoms with E-state index in [0.717, 1.165) is 24.1 Å². The van der Waals surface area contributed by atoms with Gasteiger partial charge in [0.25, 0.3) is 0 Å². The molecule has 1 aliphatic heterocycles. The monoisotopic (exact) mass is 312 g/mol. The Hall–Kier alpha value is -2.40. The van der Waals surface area contributed by atoms with Crippen LogP contribution in [0.4, 0.5) is 0 Å². The number of carbonyl (C=O) groups is 1. The maximum Gasteiger partial charge on any atom is 0.320 e. The number of nitrogens with zero attached hydrogens (tertiary/aromatic N) is 2. The fourth-order valence-electron chi connectivity index (χ4n) is 2.90. The molecular weight excluding hydrogens is 292 g/mol. The molecule has 5 heteroatoms. The van der Waals surface area contributed by atoms with Crippen LogP contribution in [0, 0.1) is 0 Å². The molecule has 1 aliphatic rings. The summed E-state index contributed by atoms with van der Waals surface area (Å²) in [7, 11) is 0. The number of benzene rings is 1. The summed E-state index contributed by atoms with van der Waals surface area (Å²) in [5, 5.41) is 9.24. The SMILES string of the molecule is O=C(O)[C@@H]1CCCN1Cc1cncc(OCc2ccccc2)c1. The van der Waals surface area contributed by atoms with Gasteiger partial charge in [0.1, 0.15) is 18.4 Å². The van der Waals surface area contributed by atoms with Gasteiger partial charge in [-0.25, -0.2) is 0 Å². The van der Waals surface area contributed by atoms with Gasteiger partial charge >= 0.3 is 5.97 Å². The third-order valence-electron chi connectivity index (χ3n) is 4.05. The van der Waals surface area contributed by atoms with E-state index in [2.05, 4.69) is 4.98 Å². The van der Waals surface area contributed by atoms with Gasteiger partial charge in [0.15, 0.2) is 0 Å². The zero-order chi connectivity index (χ0) is 16.1. The average molecular weight is 312 g/mol. The van der Waals surface area contributed by atoms with E-state index < -0.39 is 5.97 Å². The molecule has 2 heterocycles. The van der Waals surface area contributed by atoms with Crippen LogP contribution < -0.4 is 4.74 Å². The van der Waals surface area contributed by atoms with Crippen LogP contribution in [0.5, 0.6) is 5.75 Å². The standard InChI is InChI=1S/C18H20N2O3/c21-18(22)17-7-4-8-20(17)12-15-9-16(11-19-10-15)23-13-14-5-2-1-3-6-14/h1-3,5-6,9-11,17H,4,7-8,12-13H2,(H,21,22)/t17-/m0/s1. The fourth-order valence-corrected chi connectivity index (χ4v) is 2.90. The summed E-state index contributed by atoms with van der Waals surface area (Å²) in [4.78, 5) is 17.4. The van der Waals surface area contributed by atoms with E-state index in [-0.39, 0.29) is 6.04 Å². The topological polar surface area (TPSA) is 62.7 Å². The van der Waals surface area contributed by atoms with Crippen molar-refractivity contribution in [2.24, 2.45) is 0 Å². The molecule has 5 nitrogen and oxygen atoms in total. The lowest BCUT2D eigenvalue weighted by Crippen LogP contribution is -2.35. The zero-order valence-electron chi connectivity index (χ0n) is 12.9. The normalized spacial score (nSPS) is 18.0. The molecule has 1 atom stereocenters. The third-order valence-corrected chi connectivity index (χ3v) is 4.05. The minimum atomic E-state index is -0.744. The Kier molecular flexibility index (Phi) is 4.88. The lowest BCUT2D eigenvalue weighted by molar-refractivity contribution is -0.142. The number of carboxylic acids is 1. The first-order valence-electron chi connectivity index (χ1n) is 7.80. The number of aliphatic carboxylic acids is 1. The molecule has 0 bridgehead atoms. The molecule has 23 heavy (non-hydrogen) atoms. The van der Waals surface area contributed by atoms with Crippen molar-refractivity contribution < 1.29 is 14.6 Å². The van der Waals surface area contributed by atoms with Crippen molar-refractivity contribution in [1.29, 1.82) is 0 Å². The largest absolute Gasteiger partial charge is 0.487 e. The lowest BCUT2D eigenvalue weighted by atomic mass is 10.2. The van der Waals surface area contributed by atoms with Crippen molar-refractivity contribution in [3.05, 3.63) is 59.9 Å². The second kappa shape index (κ2) is 7.24. The maximum atomic E-state index is 11.2. The highest BCUT2D eigenvalue weighted by molar-refractivity contribution is 5.73. The number of pyridine rings is 1. The van der Waals surface area contributed by atoms with Gasteiger partial charge in [-0.3, -0.25) is 14.7 Å². The number of rotatable bonds is 6. The highest BCUT2D eigenvalue weighted by atomic mass is 16.5. The molecule has 0 radical (unpaired) electrons. The maximum absolute atomic E-state index is 11.2. The van der Waals surface area contributed by atoms with Gasteiger partial charge in [-0.15, -0.1) is 0 Å². The molecule has 1 aromatic carbocycles. The molecule has 1 fully saturated rings. The summed E-state index contributed by atoms with van der Waals surface area (Å²) < 4.78 is 5.77. The van der Waals surface area contributed by atoms with Crippen molar-refractivity contribution in [2.45, 2.75) is 32.0 Å². The van der Waals surface area contributed by atoms with E-state index >= 15 is 0 Å². The first kappa shape index (κ1) is 15.5. The Labute approximate surface area is 135 Å². The quantitative estimate of drug-likeness (QED) is 0.888. The third kappa shape index (κ3) is 4.07. The van der Waals surface area contributed by atoms with Crippen LogP contribution in [-0.2, 0) is 17.9 Å². The molecule has 0 aliphatic carbocycles. The van der Waals surface area contributed by atoms with Crippen molar-refractivity contribution in [3.63, 3.8) is 0 Å². The van der Waals surface area contributed by atoms with Crippen LogP contribution in [0.2, 0.25) is 0 Å². The highest BCUT2D eigenvalue weighted by Gasteiger charge is 2.30. The zero-order valence-corrected chi connectivity index (χ0v) is 12.9. The predicted molar refractivity (Wildman–Crippen MR) is 86.1 cm³/mol. The van der Waals surface area contributed by atoms with Crippen LogP contribution in [0.15, 0.2) is 48.8 Å². The first-order valence-corrected chi connectivity index (χ1v) is 7.80. The van der Waals surface area contributed by atoms with E-state index in [0.29, 0.717) is 25.3 Å². The van der Waals surface area contributed by atoms with Crippen molar-refractivity contribution >= 4 is 5.97 Å². The molecule has 0 unspecified atom stereocenters. The van der Waals surface area contributed by atoms with Gasteiger partial charge in [0.2, 0.25) is 0 Å². The molecule has 0 spiro atoms. The Bertz CT molecular complexity index is 660. The van der Waals surface area contributed by atoms with E-state index in [1.54, 1.807) is 12.4 Å². The molecule has 0 saturated carbocycles. The summed E-state index contributed by atoms with van der Waals surface area (Å²) in [6.07, 6.45) is 5.10. The Morgan fingerprint density at radius 3 is 2.87 bits per heavy atom. The van der Waals surface area contributed by atoms with Crippen molar-refractivity contribution in [2.75, 3.05) is 6.54 Å². The summed E-state index contributed by atoms with van der Waals surface area (Å²) >= 11 is 0. The Morgan fingerprint density at radius 2 is 2.09 bits per heavy atom. The molecule has 1 N–H and O–H groups in total.